The van der Waals surface area contributed by atoms with Gasteiger partial charge in [0.25, 0.3) is 0 Å². The molecule has 0 radical (unpaired) electrons. The van der Waals surface area contributed by atoms with Gasteiger partial charge in [0.2, 0.25) is 0 Å². The molecule has 1 fully saturated rings. The molecule has 3 nitrogen and oxygen atoms in total. The lowest BCUT2D eigenvalue weighted by Crippen LogP contribution is -2.23. The molecular formula is C10H15N3S2. The minimum Gasteiger partial charge on any atom is -0.313 e. The molecule has 1 aliphatic heterocycles. The van der Waals surface area contributed by atoms with Crippen LogP contribution in [0.3, 0.4) is 0 Å². The maximum absolute atomic E-state index is 4.44. The van der Waals surface area contributed by atoms with Gasteiger partial charge in [0.15, 0.2) is 5.16 Å². The quantitative estimate of drug-likeness (QED) is 0.496. The van der Waals surface area contributed by atoms with Crippen LogP contribution in [0.15, 0.2) is 22.4 Å². The summed E-state index contributed by atoms with van der Waals surface area (Å²) in [5.41, 5.74) is 0. The SMILES string of the molecule is CSc1nccc(SCC2CCCN2)n1. The number of rotatable bonds is 4. The third-order valence-electron chi connectivity index (χ3n) is 2.39. The molecule has 1 aromatic rings. The van der Waals surface area contributed by atoms with Crippen LogP contribution in [0.4, 0.5) is 0 Å². The zero-order chi connectivity index (χ0) is 10.5. The molecule has 0 amide bonds. The molecule has 82 valence electrons. The summed E-state index contributed by atoms with van der Waals surface area (Å²) < 4.78 is 0. The van der Waals surface area contributed by atoms with Gasteiger partial charge < -0.3 is 5.32 Å². The molecule has 2 heterocycles. The highest BCUT2D eigenvalue weighted by atomic mass is 32.2. The fraction of sp³-hybridized carbons (Fsp3) is 0.600. The molecule has 0 aliphatic carbocycles. The number of nitrogens with zero attached hydrogens (tertiary/aromatic N) is 2. The van der Waals surface area contributed by atoms with E-state index in [-0.39, 0.29) is 0 Å². The van der Waals surface area contributed by atoms with Crippen LogP contribution in [-0.2, 0) is 0 Å². The van der Waals surface area contributed by atoms with Crippen LogP contribution in [0.25, 0.3) is 0 Å². The zero-order valence-corrected chi connectivity index (χ0v) is 10.4. The van der Waals surface area contributed by atoms with Crippen molar-refractivity contribution in [3.05, 3.63) is 12.3 Å². The molecule has 5 heteroatoms. The van der Waals surface area contributed by atoms with Crippen molar-refractivity contribution in [2.45, 2.75) is 29.1 Å². The van der Waals surface area contributed by atoms with Gasteiger partial charge in [-0.15, -0.1) is 11.8 Å². The van der Waals surface area contributed by atoms with Gasteiger partial charge in [0.05, 0.1) is 0 Å². The summed E-state index contributed by atoms with van der Waals surface area (Å²) in [4.78, 5) is 8.60. The highest BCUT2D eigenvalue weighted by Crippen LogP contribution is 2.20. The summed E-state index contributed by atoms with van der Waals surface area (Å²) in [5.74, 6) is 1.12. The fourth-order valence-corrected chi connectivity index (χ4v) is 2.97. The Bertz CT molecular complexity index is 313. The Morgan fingerprint density at radius 1 is 1.60 bits per heavy atom. The molecule has 1 atom stereocenters. The van der Waals surface area contributed by atoms with E-state index in [4.69, 9.17) is 0 Å². The molecule has 0 saturated carbocycles. The van der Waals surface area contributed by atoms with Crippen LogP contribution in [0.1, 0.15) is 12.8 Å². The van der Waals surface area contributed by atoms with Crippen LogP contribution in [0.2, 0.25) is 0 Å². The van der Waals surface area contributed by atoms with Crippen LogP contribution >= 0.6 is 23.5 Å². The zero-order valence-electron chi connectivity index (χ0n) is 8.77. The van der Waals surface area contributed by atoms with E-state index in [1.54, 1.807) is 11.8 Å². The summed E-state index contributed by atoms with van der Waals surface area (Å²) in [6.07, 6.45) is 6.45. The predicted molar refractivity (Wildman–Crippen MR) is 65.6 cm³/mol. The molecular weight excluding hydrogens is 226 g/mol. The summed E-state index contributed by atoms with van der Waals surface area (Å²) >= 11 is 3.41. The van der Waals surface area contributed by atoms with Crippen molar-refractivity contribution in [3.8, 4) is 0 Å². The van der Waals surface area contributed by atoms with Crippen LogP contribution in [0, 0.1) is 0 Å². The Morgan fingerprint density at radius 2 is 2.53 bits per heavy atom. The molecule has 1 saturated heterocycles. The number of nitrogens with one attached hydrogen (secondary N) is 1. The Balaban J connectivity index is 1.86. The maximum atomic E-state index is 4.44. The van der Waals surface area contributed by atoms with Crippen molar-refractivity contribution in [1.82, 2.24) is 15.3 Å². The molecule has 0 spiro atoms. The monoisotopic (exact) mass is 241 g/mol. The third-order valence-corrected chi connectivity index (χ3v) is 4.04. The van der Waals surface area contributed by atoms with Gasteiger partial charge >= 0.3 is 0 Å². The Kier molecular flexibility index (Phi) is 4.29. The normalized spacial score (nSPS) is 20.7. The number of aromatic nitrogens is 2. The summed E-state index contributed by atoms with van der Waals surface area (Å²) in [5, 5.41) is 5.43. The van der Waals surface area contributed by atoms with Gasteiger partial charge in [-0.05, 0) is 31.7 Å². The average Bonchev–Trinajstić information content (AvgIpc) is 2.79. The predicted octanol–water partition coefficient (Wildman–Crippen LogP) is 2.04. The molecule has 0 aromatic carbocycles. The molecule has 15 heavy (non-hydrogen) atoms. The van der Waals surface area contributed by atoms with Gasteiger partial charge in [-0.2, -0.15) is 0 Å². The second-order valence-corrected chi connectivity index (χ2v) is 5.30. The van der Waals surface area contributed by atoms with E-state index >= 15 is 0 Å². The van der Waals surface area contributed by atoms with Gasteiger partial charge in [-0.3, -0.25) is 0 Å². The first kappa shape index (κ1) is 11.2. The van der Waals surface area contributed by atoms with Gasteiger partial charge in [0, 0.05) is 18.0 Å². The second-order valence-electron chi connectivity index (χ2n) is 3.49. The molecule has 0 bridgehead atoms. The maximum Gasteiger partial charge on any atom is 0.188 e. The number of hydrogen-bond donors (Lipinski definition) is 1. The molecule has 1 N–H and O–H groups in total. The van der Waals surface area contributed by atoms with Crippen molar-refractivity contribution in [2.24, 2.45) is 0 Å². The summed E-state index contributed by atoms with van der Waals surface area (Å²) in [7, 11) is 0. The van der Waals surface area contributed by atoms with Crippen LogP contribution in [-0.4, -0.2) is 34.6 Å². The lowest BCUT2D eigenvalue weighted by Gasteiger charge is -2.08. The van der Waals surface area contributed by atoms with Crippen LogP contribution < -0.4 is 5.32 Å². The number of thioether (sulfide) groups is 2. The first-order valence-electron chi connectivity index (χ1n) is 5.11. The molecule has 2 rings (SSSR count). The topological polar surface area (TPSA) is 37.8 Å². The Labute approximate surface area is 98.9 Å². The fourth-order valence-electron chi connectivity index (χ4n) is 1.59. The highest BCUT2D eigenvalue weighted by Gasteiger charge is 2.14. The first-order valence-corrected chi connectivity index (χ1v) is 7.33. The van der Waals surface area contributed by atoms with Gasteiger partial charge in [-0.1, -0.05) is 11.8 Å². The van der Waals surface area contributed by atoms with Crippen molar-refractivity contribution < 1.29 is 0 Å². The van der Waals surface area contributed by atoms with Gasteiger partial charge in [0.1, 0.15) is 5.03 Å². The van der Waals surface area contributed by atoms with Crippen LogP contribution in [0.5, 0.6) is 0 Å². The average molecular weight is 241 g/mol. The Hall–Kier alpha value is -0.260. The van der Waals surface area contributed by atoms with E-state index in [2.05, 4.69) is 15.3 Å². The van der Waals surface area contributed by atoms with Crippen molar-refractivity contribution in [1.29, 1.82) is 0 Å². The van der Waals surface area contributed by atoms with E-state index in [1.807, 2.05) is 30.3 Å². The standard InChI is InChI=1S/C10H15N3S2/c1-14-10-12-6-4-9(13-10)15-7-8-3-2-5-11-8/h4,6,8,11H,2-3,5,7H2,1H3. The smallest absolute Gasteiger partial charge is 0.188 e. The van der Waals surface area contributed by atoms with E-state index in [1.165, 1.54) is 19.4 Å². The van der Waals surface area contributed by atoms with E-state index in [0.717, 1.165) is 15.9 Å². The largest absolute Gasteiger partial charge is 0.313 e. The minimum absolute atomic E-state index is 0.669. The number of hydrogen-bond acceptors (Lipinski definition) is 5. The molecule has 1 aliphatic rings. The second kappa shape index (κ2) is 5.72. The van der Waals surface area contributed by atoms with Gasteiger partial charge in [-0.25, -0.2) is 9.97 Å². The minimum atomic E-state index is 0.669. The molecule has 1 unspecified atom stereocenters. The molecule has 1 aromatic heterocycles. The summed E-state index contributed by atoms with van der Waals surface area (Å²) in [6.45, 7) is 1.17. The van der Waals surface area contributed by atoms with Crippen molar-refractivity contribution in [3.63, 3.8) is 0 Å². The lowest BCUT2D eigenvalue weighted by atomic mass is 10.3. The van der Waals surface area contributed by atoms with Crippen molar-refractivity contribution in [2.75, 3.05) is 18.6 Å². The highest BCUT2D eigenvalue weighted by molar-refractivity contribution is 7.99. The van der Waals surface area contributed by atoms with E-state index in [9.17, 15) is 0 Å². The van der Waals surface area contributed by atoms with Crippen molar-refractivity contribution >= 4 is 23.5 Å². The summed E-state index contributed by atoms with van der Waals surface area (Å²) in [6, 6.07) is 2.65. The Morgan fingerprint density at radius 3 is 3.27 bits per heavy atom. The third kappa shape index (κ3) is 3.36. The van der Waals surface area contributed by atoms with E-state index < -0.39 is 0 Å². The first-order chi connectivity index (χ1) is 7.38. The lowest BCUT2D eigenvalue weighted by molar-refractivity contribution is 0.673. The van der Waals surface area contributed by atoms with E-state index in [0.29, 0.717) is 6.04 Å².